The molecule has 2 aliphatic rings. The number of likely N-dealkylation sites (tertiary alicyclic amines) is 1. The minimum atomic E-state index is -0.611. The van der Waals surface area contributed by atoms with Crippen LogP contribution < -0.4 is 5.73 Å². The average Bonchev–Trinajstić information content (AvgIpc) is 3.43. The van der Waals surface area contributed by atoms with Gasteiger partial charge in [0.15, 0.2) is 0 Å². The maximum Gasteiger partial charge on any atom is 0.287 e. The van der Waals surface area contributed by atoms with Gasteiger partial charge in [-0.15, -0.1) is 10.2 Å². The van der Waals surface area contributed by atoms with Gasteiger partial charge >= 0.3 is 0 Å². The summed E-state index contributed by atoms with van der Waals surface area (Å²) < 4.78 is 16.5. The van der Waals surface area contributed by atoms with E-state index in [0.29, 0.717) is 23.4 Å². The van der Waals surface area contributed by atoms with Crippen molar-refractivity contribution in [2.24, 2.45) is 11.7 Å². The Morgan fingerprint density at radius 1 is 1.27 bits per heavy atom. The Hall–Kier alpha value is -3.04. The first-order valence-electron chi connectivity index (χ1n) is 11.5. The number of rotatable bonds is 8. The summed E-state index contributed by atoms with van der Waals surface area (Å²) in [6, 6.07) is 10.9. The molecular formula is C24H33N5O4. The van der Waals surface area contributed by atoms with Crippen molar-refractivity contribution < 1.29 is 19.9 Å². The van der Waals surface area contributed by atoms with E-state index in [1.807, 2.05) is 30.3 Å². The number of ether oxygens (including phenoxy) is 1. The first-order valence-corrected chi connectivity index (χ1v) is 11.5. The quantitative estimate of drug-likeness (QED) is 0.540. The molecule has 1 amide bonds. The van der Waals surface area contributed by atoms with Crippen LogP contribution in [0.25, 0.3) is 11.3 Å². The standard InChI is InChI=1S/C14H23N3O2.C10H8N2O2.H2/c1-3-12(18-9-10-7-17(2)8-10)14-16-15-13(19-14)11-5-4-6-11;11-10(13)9-6-8(12-14-9)7-4-2-1-3-5-7;/h10-12H,3-9H2,1-2H3;1-6H,(H2,11,13);1H. The number of hydrogen-bond donors (Lipinski definition) is 1. The Kier molecular flexibility index (Phi) is 7.51. The summed E-state index contributed by atoms with van der Waals surface area (Å²) >= 11 is 0. The van der Waals surface area contributed by atoms with Gasteiger partial charge in [0.2, 0.25) is 17.5 Å². The largest absolute Gasteiger partial charge is 0.422 e. The van der Waals surface area contributed by atoms with Gasteiger partial charge in [0.05, 0.1) is 6.61 Å². The van der Waals surface area contributed by atoms with E-state index < -0.39 is 5.91 Å². The Labute approximate surface area is 194 Å². The molecule has 1 aromatic carbocycles. The molecule has 178 valence electrons. The molecule has 2 fully saturated rings. The lowest BCUT2D eigenvalue weighted by atomic mass is 9.85. The van der Waals surface area contributed by atoms with Crippen molar-refractivity contribution in [3.8, 4) is 11.3 Å². The Balaban J connectivity index is 0.000000193. The zero-order valence-corrected chi connectivity index (χ0v) is 19.1. The lowest BCUT2D eigenvalue weighted by Crippen LogP contribution is -2.46. The van der Waals surface area contributed by atoms with Gasteiger partial charge in [-0.2, -0.15) is 0 Å². The molecule has 1 saturated heterocycles. The predicted molar refractivity (Wildman–Crippen MR) is 123 cm³/mol. The smallest absolute Gasteiger partial charge is 0.287 e. The minimum absolute atomic E-state index is 0. The van der Waals surface area contributed by atoms with E-state index >= 15 is 0 Å². The third kappa shape index (κ3) is 5.85. The number of primary amides is 1. The average molecular weight is 456 g/mol. The van der Waals surface area contributed by atoms with Crippen LogP contribution in [0.1, 0.15) is 68.4 Å². The first kappa shape index (κ1) is 23.1. The molecule has 1 atom stereocenters. The van der Waals surface area contributed by atoms with Crippen LogP contribution >= 0.6 is 0 Å². The van der Waals surface area contributed by atoms with Crippen LogP contribution in [0.5, 0.6) is 0 Å². The highest BCUT2D eigenvalue weighted by Gasteiger charge is 2.29. The number of carbonyl (C=O) groups excluding carboxylic acids is 1. The Bertz CT molecular complexity index is 1030. The molecular weight excluding hydrogens is 422 g/mol. The highest BCUT2D eigenvalue weighted by atomic mass is 16.5. The van der Waals surface area contributed by atoms with Gasteiger partial charge in [-0.1, -0.05) is 48.8 Å². The summed E-state index contributed by atoms with van der Waals surface area (Å²) in [5.41, 5.74) is 6.54. The van der Waals surface area contributed by atoms with Gasteiger partial charge in [0, 0.05) is 38.0 Å². The fourth-order valence-electron chi connectivity index (χ4n) is 3.88. The van der Waals surface area contributed by atoms with E-state index in [4.69, 9.17) is 19.4 Å². The molecule has 9 heteroatoms. The normalized spacial score (nSPS) is 17.5. The van der Waals surface area contributed by atoms with Crippen molar-refractivity contribution in [2.75, 3.05) is 26.7 Å². The number of nitrogens with zero attached hydrogens (tertiary/aromatic N) is 4. The highest BCUT2D eigenvalue weighted by Crippen LogP contribution is 2.36. The second kappa shape index (κ2) is 10.7. The molecule has 1 aliphatic carbocycles. The predicted octanol–water partition coefficient (Wildman–Crippen LogP) is 4.05. The Morgan fingerprint density at radius 3 is 2.61 bits per heavy atom. The van der Waals surface area contributed by atoms with Crippen LogP contribution in [0.4, 0.5) is 0 Å². The number of carbonyl (C=O) groups is 1. The summed E-state index contributed by atoms with van der Waals surface area (Å²) in [5, 5.41) is 12.1. The van der Waals surface area contributed by atoms with Gasteiger partial charge < -0.3 is 24.3 Å². The lowest BCUT2D eigenvalue weighted by molar-refractivity contribution is -0.0271. The second-order valence-electron chi connectivity index (χ2n) is 8.73. The van der Waals surface area contributed by atoms with E-state index in [1.165, 1.54) is 25.3 Å². The van der Waals surface area contributed by atoms with E-state index in [0.717, 1.165) is 37.6 Å². The third-order valence-electron chi connectivity index (χ3n) is 6.05. The topological polar surface area (TPSA) is 121 Å². The second-order valence-corrected chi connectivity index (χ2v) is 8.73. The van der Waals surface area contributed by atoms with Crippen LogP contribution in [-0.2, 0) is 4.74 Å². The molecule has 33 heavy (non-hydrogen) atoms. The summed E-state index contributed by atoms with van der Waals surface area (Å²) in [4.78, 5) is 13.0. The molecule has 0 spiro atoms. The number of hydrogen-bond acceptors (Lipinski definition) is 8. The summed E-state index contributed by atoms with van der Waals surface area (Å²) in [5.74, 6) is 2.10. The van der Waals surface area contributed by atoms with Gasteiger partial charge in [-0.25, -0.2) is 0 Å². The maximum atomic E-state index is 10.7. The number of amides is 1. The van der Waals surface area contributed by atoms with E-state index in [1.54, 1.807) is 0 Å². The monoisotopic (exact) mass is 455 g/mol. The minimum Gasteiger partial charge on any atom is -0.422 e. The lowest BCUT2D eigenvalue weighted by Gasteiger charge is -2.36. The SMILES string of the molecule is CCC(OCC1CN(C)C1)c1nnc(C2CCC2)o1.NC(=O)c1cc(-c2ccccc2)no1.[HH]. The molecule has 2 N–H and O–H groups in total. The molecule has 5 rings (SSSR count). The van der Waals surface area contributed by atoms with Gasteiger partial charge in [0.25, 0.3) is 5.91 Å². The van der Waals surface area contributed by atoms with E-state index in [9.17, 15) is 4.79 Å². The molecule has 1 aliphatic heterocycles. The van der Waals surface area contributed by atoms with Crippen molar-refractivity contribution in [3.63, 3.8) is 0 Å². The summed E-state index contributed by atoms with van der Waals surface area (Å²) in [6.45, 7) is 5.16. The molecule has 0 bridgehead atoms. The zero-order valence-electron chi connectivity index (χ0n) is 19.1. The molecule has 1 unspecified atom stereocenters. The molecule has 3 heterocycles. The van der Waals surface area contributed by atoms with Crippen LogP contribution in [0.2, 0.25) is 0 Å². The van der Waals surface area contributed by atoms with Gasteiger partial charge in [-0.3, -0.25) is 4.79 Å². The van der Waals surface area contributed by atoms with E-state index in [-0.39, 0.29) is 13.3 Å². The summed E-state index contributed by atoms with van der Waals surface area (Å²) in [7, 11) is 2.14. The van der Waals surface area contributed by atoms with Gasteiger partial charge in [-0.05, 0) is 26.3 Å². The van der Waals surface area contributed by atoms with Crippen molar-refractivity contribution >= 4 is 5.91 Å². The van der Waals surface area contributed by atoms with Crippen molar-refractivity contribution in [2.45, 2.75) is 44.6 Å². The first-order chi connectivity index (χ1) is 16.0. The fraction of sp³-hybridized carbons (Fsp3) is 0.500. The highest BCUT2D eigenvalue weighted by molar-refractivity contribution is 5.90. The molecule has 3 aromatic rings. The number of benzene rings is 1. The van der Waals surface area contributed by atoms with Crippen molar-refractivity contribution in [1.29, 1.82) is 0 Å². The Morgan fingerprint density at radius 2 is 2.03 bits per heavy atom. The van der Waals surface area contributed by atoms with Crippen LogP contribution in [0.3, 0.4) is 0 Å². The number of nitrogens with two attached hydrogens (primary N) is 1. The third-order valence-corrected chi connectivity index (χ3v) is 6.05. The zero-order chi connectivity index (χ0) is 23.2. The van der Waals surface area contributed by atoms with Crippen LogP contribution in [-0.4, -0.2) is 52.9 Å². The summed E-state index contributed by atoms with van der Waals surface area (Å²) in [6.07, 6.45) is 4.51. The fourth-order valence-corrected chi connectivity index (χ4v) is 3.88. The maximum absolute atomic E-state index is 10.7. The van der Waals surface area contributed by atoms with E-state index in [2.05, 4.69) is 34.2 Å². The van der Waals surface area contributed by atoms with Crippen LogP contribution in [0.15, 0.2) is 45.3 Å². The molecule has 9 nitrogen and oxygen atoms in total. The molecule has 2 aromatic heterocycles. The van der Waals surface area contributed by atoms with Crippen LogP contribution in [0, 0.1) is 5.92 Å². The molecule has 0 radical (unpaired) electrons. The van der Waals surface area contributed by atoms with Crippen molar-refractivity contribution in [1.82, 2.24) is 20.3 Å². The van der Waals surface area contributed by atoms with Gasteiger partial charge in [0.1, 0.15) is 11.8 Å². The number of aromatic nitrogens is 3. The van der Waals surface area contributed by atoms with Crippen molar-refractivity contribution in [3.05, 3.63) is 53.9 Å². The molecule has 1 saturated carbocycles.